The summed E-state index contributed by atoms with van der Waals surface area (Å²) >= 11 is 3.37. The van der Waals surface area contributed by atoms with Crippen LogP contribution in [0.4, 0.5) is 0 Å². The first-order chi connectivity index (χ1) is 12.3. The monoisotopic (exact) mass is 413 g/mol. The van der Waals surface area contributed by atoms with Crippen LogP contribution in [0.25, 0.3) is 0 Å². The molecule has 0 bridgehead atoms. The molecular weight excluding hydrogens is 386 g/mol. The number of pyridine rings is 1. The highest BCUT2D eigenvalue weighted by Gasteiger charge is 2.31. The number of hydrogen-bond acceptors (Lipinski definition) is 5. The Kier molecular flexibility index (Phi) is 7.98. The standard InChI is InChI=1S/C19H28BrNO4/c20-15-7-8-18(21-14-15)25-17-12-16(13-17)22-9-3-1-4-10-23-19-6-2-5-11-24-19/h7-8,14,16-17,19H,1-6,9-13H2. The molecule has 0 N–H and O–H groups in total. The van der Waals surface area contributed by atoms with E-state index in [0.29, 0.717) is 12.0 Å². The van der Waals surface area contributed by atoms with Crippen molar-refractivity contribution in [1.82, 2.24) is 4.98 Å². The SMILES string of the molecule is Brc1ccc(OC2CC(OCCCCCOC3CCCCO3)C2)nc1. The minimum atomic E-state index is 0.0390. The molecule has 25 heavy (non-hydrogen) atoms. The molecule has 0 amide bonds. The van der Waals surface area contributed by atoms with Gasteiger partial charge in [0.15, 0.2) is 6.29 Å². The fourth-order valence-electron chi connectivity index (χ4n) is 3.04. The van der Waals surface area contributed by atoms with Crippen molar-refractivity contribution in [2.24, 2.45) is 0 Å². The van der Waals surface area contributed by atoms with E-state index in [0.717, 1.165) is 62.8 Å². The lowest BCUT2D eigenvalue weighted by atomic mass is 9.92. The Morgan fingerprint density at radius 3 is 2.60 bits per heavy atom. The zero-order chi connectivity index (χ0) is 17.3. The summed E-state index contributed by atoms with van der Waals surface area (Å²) in [6, 6.07) is 3.83. The second-order valence-corrected chi connectivity index (χ2v) is 7.66. The van der Waals surface area contributed by atoms with E-state index in [1.165, 1.54) is 12.8 Å². The lowest BCUT2D eigenvalue weighted by Gasteiger charge is -2.34. The predicted molar refractivity (Wildman–Crippen MR) is 98.7 cm³/mol. The summed E-state index contributed by atoms with van der Waals surface area (Å²) in [6.07, 6.45) is 11.0. The van der Waals surface area contributed by atoms with Crippen LogP contribution in [-0.2, 0) is 14.2 Å². The Hall–Kier alpha value is -0.690. The minimum absolute atomic E-state index is 0.0390. The number of halogens is 1. The number of aromatic nitrogens is 1. The number of hydrogen-bond donors (Lipinski definition) is 0. The first-order valence-corrected chi connectivity index (χ1v) is 10.2. The first-order valence-electron chi connectivity index (χ1n) is 9.42. The van der Waals surface area contributed by atoms with Gasteiger partial charge >= 0.3 is 0 Å². The molecule has 1 saturated carbocycles. The molecule has 1 unspecified atom stereocenters. The summed E-state index contributed by atoms with van der Waals surface area (Å²) in [7, 11) is 0. The van der Waals surface area contributed by atoms with Crippen LogP contribution < -0.4 is 4.74 Å². The van der Waals surface area contributed by atoms with E-state index in [9.17, 15) is 0 Å². The van der Waals surface area contributed by atoms with Crippen molar-refractivity contribution in [3.05, 3.63) is 22.8 Å². The quantitative estimate of drug-likeness (QED) is 0.529. The molecule has 1 atom stereocenters. The Balaban J connectivity index is 1.14. The van der Waals surface area contributed by atoms with Crippen LogP contribution in [0.3, 0.4) is 0 Å². The van der Waals surface area contributed by atoms with E-state index in [4.69, 9.17) is 18.9 Å². The molecule has 3 rings (SSSR count). The molecule has 1 saturated heterocycles. The van der Waals surface area contributed by atoms with Crippen molar-refractivity contribution in [3.8, 4) is 5.88 Å². The topological polar surface area (TPSA) is 49.8 Å². The van der Waals surface area contributed by atoms with Gasteiger partial charge in [0.05, 0.1) is 6.10 Å². The molecule has 2 heterocycles. The summed E-state index contributed by atoms with van der Waals surface area (Å²) in [5.74, 6) is 0.689. The normalized spacial score (nSPS) is 26.2. The number of rotatable bonds is 10. The molecule has 5 nitrogen and oxygen atoms in total. The van der Waals surface area contributed by atoms with Crippen molar-refractivity contribution in [2.75, 3.05) is 19.8 Å². The van der Waals surface area contributed by atoms with Crippen LogP contribution in [0.5, 0.6) is 5.88 Å². The summed E-state index contributed by atoms with van der Waals surface area (Å²) in [4.78, 5) is 4.23. The van der Waals surface area contributed by atoms with Gasteiger partial charge in [0.25, 0.3) is 0 Å². The highest BCUT2D eigenvalue weighted by atomic mass is 79.9. The summed E-state index contributed by atoms with van der Waals surface area (Å²) < 4.78 is 23.9. The minimum Gasteiger partial charge on any atom is -0.474 e. The Labute approximate surface area is 158 Å². The van der Waals surface area contributed by atoms with E-state index in [1.54, 1.807) is 6.20 Å². The third kappa shape index (κ3) is 6.85. The summed E-state index contributed by atoms with van der Waals surface area (Å²) in [5.41, 5.74) is 0. The highest BCUT2D eigenvalue weighted by molar-refractivity contribution is 9.10. The van der Waals surface area contributed by atoms with E-state index in [2.05, 4.69) is 20.9 Å². The average Bonchev–Trinajstić information content (AvgIpc) is 2.61. The molecule has 140 valence electrons. The molecule has 6 heteroatoms. The molecule has 0 aromatic carbocycles. The van der Waals surface area contributed by atoms with Gasteiger partial charge in [-0.3, -0.25) is 0 Å². The van der Waals surface area contributed by atoms with E-state index in [1.807, 2.05) is 12.1 Å². The van der Waals surface area contributed by atoms with Crippen LogP contribution in [0.1, 0.15) is 51.4 Å². The van der Waals surface area contributed by atoms with Crippen LogP contribution in [0.2, 0.25) is 0 Å². The molecule has 1 aromatic heterocycles. The van der Waals surface area contributed by atoms with Crippen molar-refractivity contribution in [2.45, 2.75) is 69.9 Å². The summed E-state index contributed by atoms with van der Waals surface area (Å²) in [6.45, 7) is 2.47. The van der Waals surface area contributed by atoms with Gasteiger partial charge in [0, 0.05) is 49.4 Å². The number of unbranched alkanes of at least 4 members (excludes halogenated alkanes) is 2. The van der Waals surface area contributed by atoms with Gasteiger partial charge in [-0.05, 0) is 60.5 Å². The zero-order valence-electron chi connectivity index (χ0n) is 14.7. The molecule has 0 radical (unpaired) electrons. The van der Waals surface area contributed by atoms with Gasteiger partial charge in [-0.25, -0.2) is 4.98 Å². The smallest absolute Gasteiger partial charge is 0.213 e. The number of ether oxygens (including phenoxy) is 4. The molecular formula is C19H28BrNO4. The van der Waals surface area contributed by atoms with Crippen LogP contribution in [-0.4, -0.2) is 43.3 Å². The van der Waals surface area contributed by atoms with Gasteiger partial charge in [0.2, 0.25) is 5.88 Å². The van der Waals surface area contributed by atoms with Crippen molar-refractivity contribution < 1.29 is 18.9 Å². The maximum Gasteiger partial charge on any atom is 0.213 e. The van der Waals surface area contributed by atoms with Crippen molar-refractivity contribution >= 4 is 15.9 Å². The van der Waals surface area contributed by atoms with Gasteiger partial charge < -0.3 is 18.9 Å². The fraction of sp³-hybridized carbons (Fsp3) is 0.737. The van der Waals surface area contributed by atoms with Crippen molar-refractivity contribution in [3.63, 3.8) is 0 Å². The van der Waals surface area contributed by atoms with E-state index >= 15 is 0 Å². The maximum absolute atomic E-state index is 5.89. The van der Waals surface area contributed by atoms with Gasteiger partial charge in [0.1, 0.15) is 6.10 Å². The largest absolute Gasteiger partial charge is 0.474 e. The van der Waals surface area contributed by atoms with Crippen LogP contribution >= 0.6 is 15.9 Å². The first kappa shape index (κ1) is 19.1. The second-order valence-electron chi connectivity index (χ2n) is 6.75. The third-order valence-electron chi connectivity index (χ3n) is 4.62. The molecule has 0 spiro atoms. The Bertz CT molecular complexity index is 487. The highest BCUT2D eigenvalue weighted by Crippen LogP contribution is 2.28. The molecule has 1 aliphatic heterocycles. The third-order valence-corrected chi connectivity index (χ3v) is 5.09. The average molecular weight is 414 g/mol. The lowest BCUT2D eigenvalue weighted by Crippen LogP contribution is -2.39. The maximum atomic E-state index is 5.89. The second kappa shape index (κ2) is 10.5. The van der Waals surface area contributed by atoms with Gasteiger partial charge in [-0.15, -0.1) is 0 Å². The molecule has 2 aliphatic rings. The number of nitrogens with zero attached hydrogens (tertiary/aromatic N) is 1. The molecule has 2 fully saturated rings. The fourth-order valence-corrected chi connectivity index (χ4v) is 3.28. The van der Waals surface area contributed by atoms with E-state index < -0.39 is 0 Å². The van der Waals surface area contributed by atoms with Gasteiger partial charge in [-0.1, -0.05) is 0 Å². The van der Waals surface area contributed by atoms with Gasteiger partial charge in [-0.2, -0.15) is 0 Å². The Morgan fingerprint density at radius 2 is 1.88 bits per heavy atom. The lowest BCUT2D eigenvalue weighted by molar-refractivity contribution is -0.162. The molecule has 1 aliphatic carbocycles. The zero-order valence-corrected chi connectivity index (χ0v) is 16.3. The Morgan fingerprint density at radius 1 is 1.04 bits per heavy atom. The van der Waals surface area contributed by atoms with E-state index in [-0.39, 0.29) is 12.4 Å². The molecule has 1 aromatic rings. The summed E-state index contributed by atoms with van der Waals surface area (Å²) in [5, 5.41) is 0. The van der Waals surface area contributed by atoms with Crippen molar-refractivity contribution in [1.29, 1.82) is 0 Å². The predicted octanol–water partition coefficient (Wildman–Crippen LogP) is 4.48. The van der Waals surface area contributed by atoms with Crippen LogP contribution in [0.15, 0.2) is 22.8 Å². The van der Waals surface area contributed by atoms with Crippen LogP contribution in [0, 0.1) is 0 Å².